The largest absolute Gasteiger partial charge is 0.481 e. The van der Waals surface area contributed by atoms with Crippen molar-refractivity contribution in [2.45, 2.75) is 30.9 Å². The number of fused-ring (bicyclic) bond motifs is 1. The number of carboxylic acid groups (broad SMARTS) is 1. The van der Waals surface area contributed by atoms with Crippen molar-refractivity contribution in [1.82, 2.24) is 29.8 Å². The molecule has 0 bridgehead atoms. The third kappa shape index (κ3) is 4.86. The minimum absolute atomic E-state index is 0.158. The first-order valence-corrected chi connectivity index (χ1v) is 8.23. The van der Waals surface area contributed by atoms with Crippen LogP contribution in [-0.2, 0) is 10.5 Å². The minimum atomic E-state index is -0.833. The maximum Gasteiger partial charge on any atom is 0.300 e. The van der Waals surface area contributed by atoms with E-state index in [2.05, 4.69) is 25.3 Å². The molecule has 3 heterocycles. The number of hydrogen-bond acceptors (Lipinski definition) is 8. The first-order valence-electron chi connectivity index (χ1n) is 6.43. The van der Waals surface area contributed by atoms with Gasteiger partial charge in [-0.3, -0.25) is 14.7 Å². The summed E-state index contributed by atoms with van der Waals surface area (Å²) in [7, 11) is 0. The molecule has 2 N–H and O–H groups in total. The Bertz CT molecular complexity index is 880. The quantitative estimate of drug-likeness (QED) is 0.673. The van der Waals surface area contributed by atoms with E-state index in [4.69, 9.17) is 9.90 Å². The fourth-order valence-corrected chi connectivity index (χ4v) is 3.29. The van der Waals surface area contributed by atoms with Gasteiger partial charge in [0.15, 0.2) is 4.34 Å². The molecule has 0 saturated carbocycles. The molecule has 3 aromatic rings. The highest BCUT2D eigenvalue weighted by Gasteiger charge is 2.08. The predicted molar refractivity (Wildman–Crippen MR) is 85.9 cm³/mol. The van der Waals surface area contributed by atoms with Crippen LogP contribution in [-0.4, -0.2) is 40.9 Å². The van der Waals surface area contributed by atoms with Gasteiger partial charge < -0.3 is 5.11 Å². The third-order valence-electron chi connectivity index (χ3n) is 2.35. The van der Waals surface area contributed by atoms with Gasteiger partial charge in [-0.2, -0.15) is 9.50 Å². The van der Waals surface area contributed by atoms with Crippen molar-refractivity contribution < 1.29 is 9.90 Å². The van der Waals surface area contributed by atoms with Crippen molar-refractivity contribution in [3.05, 3.63) is 32.9 Å². The molecule has 0 aromatic carbocycles. The number of aromatic nitrogens is 6. The van der Waals surface area contributed by atoms with E-state index in [-0.39, 0.29) is 5.56 Å². The Morgan fingerprint density at radius 3 is 2.70 bits per heavy atom. The molecular weight excluding hydrogens is 340 g/mol. The lowest BCUT2D eigenvalue weighted by atomic mass is 10.4. The Balaban J connectivity index is 0.000000433. The van der Waals surface area contributed by atoms with Crippen LogP contribution < -0.4 is 5.56 Å². The van der Waals surface area contributed by atoms with Gasteiger partial charge in [-0.1, -0.05) is 23.1 Å². The van der Waals surface area contributed by atoms with E-state index >= 15 is 0 Å². The van der Waals surface area contributed by atoms with Crippen LogP contribution in [0.1, 0.15) is 23.4 Å². The van der Waals surface area contributed by atoms with Crippen molar-refractivity contribution in [3.8, 4) is 0 Å². The van der Waals surface area contributed by atoms with Gasteiger partial charge >= 0.3 is 0 Å². The van der Waals surface area contributed by atoms with E-state index in [9.17, 15) is 4.79 Å². The van der Waals surface area contributed by atoms with Gasteiger partial charge in [0.05, 0.1) is 5.69 Å². The third-order valence-corrected chi connectivity index (χ3v) is 4.35. The second-order valence-corrected chi connectivity index (χ2v) is 6.83. The summed E-state index contributed by atoms with van der Waals surface area (Å²) >= 11 is 3.04. The number of rotatable bonds is 3. The Morgan fingerprint density at radius 2 is 2.09 bits per heavy atom. The molecule has 0 unspecified atom stereocenters. The Morgan fingerprint density at radius 1 is 1.39 bits per heavy atom. The van der Waals surface area contributed by atoms with Gasteiger partial charge in [-0.25, -0.2) is 4.98 Å². The van der Waals surface area contributed by atoms with Gasteiger partial charge in [-0.05, 0) is 13.8 Å². The molecule has 23 heavy (non-hydrogen) atoms. The monoisotopic (exact) mass is 354 g/mol. The van der Waals surface area contributed by atoms with Gasteiger partial charge in [0.1, 0.15) is 10.8 Å². The number of aliphatic carboxylic acids is 1. The molecule has 122 valence electrons. The Hall–Kier alpha value is -2.27. The molecule has 11 heteroatoms. The summed E-state index contributed by atoms with van der Waals surface area (Å²) in [5.74, 6) is 0.801. The van der Waals surface area contributed by atoms with Crippen molar-refractivity contribution in [1.29, 1.82) is 0 Å². The van der Waals surface area contributed by atoms with Crippen molar-refractivity contribution in [2.75, 3.05) is 0 Å². The highest BCUT2D eigenvalue weighted by molar-refractivity contribution is 8.00. The summed E-state index contributed by atoms with van der Waals surface area (Å²) in [6.07, 6.45) is 0. The summed E-state index contributed by atoms with van der Waals surface area (Å²) in [5.41, 5.74) is 0.531. The summed E-state index contributed by atoms with van der Waals surface area (Å²) < 4.78 is 2.20. The highest BCUT2D eigenvalue weighted by Crippen LogP contribution is 2.24. The first-order chi connectivity index (χ1) is 10.8. The zero-order chi connectivity index (χ0) is 17.0. The standard InChI is InChI=1S/C10H10N6OS2.C2H4O2/c1-5-11-9-12-7(3-8(17)16(9)15-5)4-18-10-14-13-6(2)19-10;1-2(3)4/h3H,4H2,1-2H3,(H,11,12,15);1H3,(H,3,4). The maximum absolute atomic E-state index is 11.8. The number of aryl methyl sites for hydroxylation is 2. The molecule has 0 atom stereocenters. The maximum atomic E-state index is 11.8. The van der Waals surface area contributed by atoms with Crippen molar-refractivity contribution in [3.63, 3.8) is 0 Å². The van der Waals surface area contributed by atoms with Gasteiger partial charge in [0, 0.05) is 18.7 Å². The average Bonchev–Trinajstić information content (AvgIpc) is 3.01. The summed E-state index contributed by atoms with van der Waals surface area (Å²) in [4.78, 5) is 29.3. The zero-order valence-electron chi connectivity index (χ0n) is 12.6. The number of thioether (sulfide) groups is 1. The minimum Gasteiger partial charge on any atom is -0.481 e. The van der Waals surface area contributed by atoms with Gasteiger partial charge in [-0.15, -0.1) is 10.2 Å². The van der Waals surface area contributed by atoms with Crippen molar-refractivity contribution >= 4 is 34.8 Å². The number of nitrogens with one attached hydrogen (secondary N) is 1. The molecule has 0 radical (unpaired) electrons. The van der Waals surface area contributed by atoms with Crippen LogP contribution >= 0.6 is 23.1 Å². The molecule has 0 saturated heterocycles. The number of carboxylic acids is 1. The SMILES string of the molecule is CC(=O)O.Cc1nc2nc(CSc3nnc(C)s3)cc(=O)n2[nH]1. The molecular formula is C12H14N6O3S2. The van der Waals surface area contributed by atoms with E-state index in [1.807, 2.05) is 6.92 Å². The molecule has 0 aliphatic rings. The van der Waals surface area contributed by atoms with Crippen LogP contribution in [0.5, 0.6) is 0 Å². The summed E-state index contributed by atoms with van der Waals surface area (Å²) in [6, 6.07) is 1.51. The first kappa shape index (κ1) is 17.1. The molecule has 0 aliphatic heterocycles. The fraction of sp³-hybridized carbons (Fsp3) is 0.333. The summed E-state index contributed by atoms with van der Waals surface area (Å²) in [6.45, 7) is 4.78. The average molecular weight is 354 g/mol. The van der Waals surface area contributed by atoms with Gasteiger partial charge in [0.25, 0.3) is 17.3 Å². The lowest BCUT2D eigenvalue weighted by Gasteiger charge is -1.97. The number of carbonyl (C=O) groups is 1. The van der Waals surface area contributed by atoms with Crippen LogP contribution in [0.3, 0.4) is 0 Å². The molecule has 0 fully saturated rings. The molecule has 9 nitrogen and oxygen atoms in total. The molecule has 0 aliphatic carbocycles. The highest BCUT2D eigenvalue weighted by atomic mass is 32.2. The summed E-state index contributed by atoms with van der Waals surface area (Å²) in [5, 5.41) is 19.1. The second-order valence-electron chi connectivity index (χ2n) is 4.42. The lowest BCUT2D eigenvalue weighted by molar-refractivity contribution is -0.134. The van der Waals surface area contributed by atoms with Crippen LogP contribution in [0.25, 0.3) is 5.78 Å². The Labute approximate surface area is 138 Å². The molecule has 3 rings (SSSR count). The topological polar surface area (TPSA) is 126 Å². The lowest BCUT2D eigenvalue weighted by Crippen LogP contribution is -2.15. The normalized spacial score (nSPS) is 10.4. The van der Waals surface area contributed by atoms with E-state index in [0.29, 0.717) is 23.0 Å². The predicted octanol–water partition coefficient (Wildman–Crippen LogP) is 1.27. The zero-order valence-corrected chi connectivity index (χ0v) is 14.2. The number of H-pyrrole nitrogens is 1. The molecule has 3 aromatic heterocycles. The van der Waals surface area contributed by atoms with E-state index in [1.54, 1.807) is 6.92 Å². The van der Waals surface area contributed by atoms with Crippen LogP contribution in [0.15, 0.2) is 15.2 Å². The van der Waals surface area contributed by atoms with E-state index < -0.39 is 5.97 Å². The Kier molecular flexibility index (Phi) is 5.45. The van der Waals surface area contributed by atoms with Crippen molar-refractivity contribution in [2.24, 2.45) is 0 Å². The number of hydrogen-bond donors (Lipinski definition) is 2. The number of aromatic amines is 1. The molecule has 0 spiro atoms. The van der Waals surface area contributed by atoms with Crippen LogP contribution in [0, 0.1) is 13.8 Å². The second kappa shape index (κ2) is 7.33. The van der Waals surface area contributed by atoms with E-state index in [1.165, 1.54) is 33.7 Å². The van der Waals surface area contributed by atoms with E-state index in [0.717, 1.165) is 16.3 Å². The van der Waals surface area contributed by atoms with Gasteiger partial charge in [0.2, 0.25) is 0 Å². The van der Waals surface area contributed by atoms with Crippen LogP contribution in [0.2, 0.25) is 0 Å². The number of nitrogens with zero attached hydrogens (tertiary/aromatic N) is 5. The smallest absolute Gasteiger partial charge is 0.300 e. The fourth-order valence-electron chi connectivity index (χ4n) is 1.58. The molecule has 0 amide bonds. The van der Waals surface area contributed by atoms with Crippen LogP contribution in [0.4, 0.5) is 0 Å².